The molecule has 1 N–H and O–H groups in total. The summed E-state index contributed by atoms with van der Waals surface area (Å²) in [5.74, 6) is -1.45. The van der Waals surface area contributed by atoms with Crippen LogP contribution in [-0.4, -0.2) is 60.3 Å². The van der Waals surface area contributed by atoms with Crippen molar-refractivity contribution >= 4 is 11.9 Å². The highest BCUT2D eigenvalue weighted by atomic mass is 16.6. The number of hydrogen-bond acceptors (Lipinski definition) is 6. The molecule has 0 aromatic rings. The number of aliphatic carboxylic acids is 1. The molecule has 1 unspecified atom stereocenters. The summed E-state index contributed by atoms with van der Waals surface area (Å²) in [6, 6.07) is 0. The van der Waals surface area contributed by atoms with E-state index in [1.165, 1.54) is 17.7 Å². The second-order valence-corrected chi connectivity index (χ2v) is 9.18. The lowest BCUT2D eigenvalue weighted by molar-refractivity contribution is -0.166. The summed E-state index contributed by atoms with van der Waals surface area (Å²) in [5.41, 5.74) is 0.642. The SMILES string of the molecule is CO[C@@H]1[C@H](OC(=O)/C=C/C=C/C=C/C=C/C(=O)O)CCC2(CO2)[C@H]1[C@@]1(C)O[C@@H]1CC=C(C)C. The minimum Gasteiger partial charge on any atom is -0.478 e. The summed E-state index contributed by atoms with van der Waals surface area (Å²) in [6.07, 6.45) is 16.0. The minimum absolute atomic E-state index is 0.00928. The summed E-state index contributed by atoms with van der Waals surface area (Å²) >= 11 is 0. The van der Waals surface area contributed by atoms with E-state index in [0.717, 1.165) is 18.9 Å². The van der Waals surface area contributed by atoms with Crippen LogP contribution in [0.15, 0.2) is 60.3 Å². The molecule has 3 rings (SSSR count). The Hall–Kier alpha value is -2.48. The molecule has 180 valence electrons. The Bertz CT molecular complexity index is 873. The van der Waals surface area contributed by atoms with E-state index in [1.807, 2.05) is 0 Å². The van der Waals surface area contributed by atoms with Gasteiger partial charge in [0, 0.05) is 19.3 Å². The van der Waals surface area contributed by atoms with Crippen molar-refractivity contribution in [3.8, 4) is 0 Å². The van der Waals surface area contributed by atoms with E-state index >= 15 is 0 Å². The molecule has 33 heavy (non-hydrogen) atoms. The molecule has 0 amide bonds. The first-order chi connectivity index (χ1) is 15.7. The highest BCUT2D eigenvalue weighted by Gasteiger charge is 2.72. The van der Waals surface area contributed by atoms with Crippen LogP contribution in [0.4, 0.5) is 0 Å². The fraction of sp³-hybridized carbons (Fsp3) is 0.538. The molecule has 0 aromatic carbocycles. The Kier molecular flexibility index (Phi) is 8.10. The number of carboxylic acids is 1. The maximum Gasteiger partial charge on any atom is 0.331 e. The van der Waals surface area contributed by atoms with E-state index < -0.39 is 11.9 Å². The van der Waals surface area contributed by atoms with E-state index in [0.29, 0.717) is 13.0 Å². The number of carboxylic acid groups (broad SMARTS) is 1. The van der Waals surface area contributed by atoms with E-state index in [2.05, 4.69) is 26.8 Å². The Morgan fingerprint density at radius 1 is 1.09 bits per heavy atom. The zero-order valence-electron chi connectivity index (χ0n) is 19.7. The molecule has 0 bridgehead atoms. The van der Waals surface area contributed by atoms with Crippen molar-refractivity contribution in [2.75, 3.05) is 13.7 Å². The number of allylic oxidation sites excluding steroid dienone is 7. The fourth-order valence-corrected chi connectivity index (χ4v) is 4.79. The number of carbonyl (C=O) groups excluding carboxylic acids is 1. The molecule has 0 radical (unpaired) electrons. The Morgan fingerprint density at radius 3 is 2.30 bits per heavy atom. The van der Waals surface area contributed by atoms with Crippen molar-refractivity contribution in [1.29, 1.82) is 0 Å². The van der Waals surface area contributed by atoms with Crippen LogP contribution in [0.5, 0.6) is 0 Å². The number of epoxide rings is 2. The van der Waals surface area contributed by atoms with E-state index in [4.69, 9.17) is 24.1 Å². The second kappa shape index (κ2) is 10.6. The van der Waals surface area contributed by atoms with Crippen LogP contribution in [0.25, 0.3) is 0 Å². The summed E-state index contributed by atoms with van der Waals surface area (Å²) < 4.78 is 23.8. The topological polar surface area (TPSA) is 97.9 Å². The minimum atomic E-state index is -1.00. The van der Waals surface area contributed by atoms with Gasteiger partial charge in [0.05, 0.1) is 18.6 Å². The van der Waals surface area contributed by atoms with Gasteiger partial charge in [-0.3, -0.25) is 0 Å². The second-order valence-electron chi connectivity index (χ2n) is 9.18. The third-order valence-electron chi connectivity index (χ3n) is 6.53. The summed E-state index contributed by atoms with van der Waals surface area (Å²) in [6.45, 7) is 6.96. The molecule has 7 heteroatoms. The lowest BCUT2D eigenvalue weighted by atomic mass is 9.68. The lowest BCUT2D eigenvalue weighted by Crippen LogP contribution is -2.55. The quantitative estimate of drug-likeness (QED) is 0.174. The van der Waals surface area contributed by atoms with Crippen LogP contribution in [0.1, 0.15) is 40.0 Å². The average Bonchev–Trinajstić information content (AvgIpc) is 3.67. The molecule has 6 atom stereocenters. The Morgan fingerprint density at radius 2 is 1.73 bits per heavy atom. The van der Waals surface area contributed by atoms with Crippen molar-refractivity contribution in [2.45, 2.75) is 69.5 Å². The first-order valence-corrected chi connectivity index (χ1v) is 11.3. The van der Waals surface area contributed by atoms with Crippen LogP contribution in [-0.2, 0) is 28.5 Å². The van der Waals surface area contributed by atoms with Gasteiger partial charge in [-0.2, -0.15) is 0 Å². The largest absolute Gasteiger partial charge is 0.478 e. The summed E-state index contributed by atoms with van der Waals surface area (Å²) in [4.78, 5) is 22.8. The van der Waals surface area contributed by atoms with Gasteiger partial charge in [0.15, 0.2) is 0 Å². The van der Waals surface area contributed by atoms with Crippen molar-refractivity contribution in [1.82, 2.24) is 0 Å². The molecule has 1 saturated carbocycles. The van der Waals surface area contributed by atoms with E-state index in [9.17, 15) is 9.59 Å². The van der Waals surface area contributed by atoms with Gasteiger partial charge >= 0.3 is 11.9 Å². The van der Waals surface area contributed by atoms with Gasteiger partial charge in [-0.05, 0) is 40.0 Å². The smallest absolute Gasteiger partial charge is 0.331 e. The number of hydrogen-bond donors (Lipinski definition) is 1. The van der Waals surface area contributed by atoms with Crippen molar-refractivity contribution in [2.24, 2.45) is 5.92 Å². The van der Waals surface area contributed by atoms with Crippen LogP contribution in [0.2, 0.25) is 0 Å². The fourth-order valence-electron chi connectivity index (χ4n) is 4.79. The zero-order chi connectivity index (χ0) is 24.1. The van der Waals surface area contributed by atoms with Gasteiger partial charge in [-0.15, -0.1) is 0 Å². The highest BCUT2D eigenvalue weighted by molar-refractivity contribution is 5.82. The maximum absolute atomic E-state index is 12.4. The number of carbonyl (C=O) groups is 2. The maximum atomic E-state index is 12.4. The Balaban J connectivity index is 1.59. The Labute approximate surface area is 195 Å². The van der Waals surface area contributed by atoms with Gasteiger partial charge in [-0.1, -0.05) is 48.1 Å². The number of methoxy groups -OCH3 is 1. The van der Waals surface area contributed by atoms with Crippen LogP contribution in [0, 0.1) is 5.92 Å². The first-order valence-electron chi connectivity index (χ1n) is 11.3. The number of rotatable bonds is 10. The number of ether oxygens (including phenoxy) is 4. The van der Waals surface area contributed by atoms with Crippen molar-refractivity contribution < 1.29 is 33.6 Å². The predicted octanol–water partition coefficient (Wildman–Crippen LogP) is 3.92. The molecule has 3 aliphatic rings. The van der Waals surface area contributed by atoms with Gasteiger partial charge in [0.25, 0.3) is 0 Å². The van der Waals surface area contributed by atoms with Crippen LogP contribution >= 0.6 is 0 Å². The molecule has 1 spiro atoms. The average molecular weight is 459 g/mol. The monoisotopic (exact) mass is 458 g/mol. The standard InChI is InChI=1S/C26H34O7/c1-18(2)13-14-20-25(3,33-20)24-23(30-4)19(15-16-26(24)17-31-26)32-22(29)12-10-8-6-5-7-9-11-21(27)28/h5-13,19-20,23-24H,14-17H2,1-4H3,(H,27,28)/b7-5+,8-6+,11-9+,12-10+/t19-,20-,23-,24-,25+,26?/m1/s1. The van der Waals surface area contributed by atoms with Crippen LogP contribution in [0.3, 0.4) is 0 Å². The molecule has 2 aliphatic heterocycles. The predicted molar refractivity (Wildman–Crippen MR) is 124 cm³/mol. The molecule has 0 aromatic heterocycles. The highest BCUT2D eigenvalue weighted by Crippen LogP contribution is 2.59. The zero-order valence-corrected chi connectivity index (χ0v) is 19.7. The van der Waals surface area contributed by atoms with E-state index in [1.54, 1.807) is 37.5 Å². The van der Waals surface area contributed by atoms with Gasteiger partial charge in [-0.25, -0.2) is 9.59 Å². The third kappa shape index (κ3) is 6.31. The summed E-state index contributed by atoms with van der Waals surface area (Å²) in [5, 5.41) is 8.51. The molecular weight excluding hydrogens is 424 g/mol. The molecule has 7 nitrogen and oxygen atoms in total. The third-order valence-corrected chi connectivity index (χ3v) is 6.53. The number of esters is 1. The molecule has 1 aliphatic carbocycles. The van der Waals surface area contributed by atoms with Crippen molar-refractivity contribution in [3.63, 3.8) is 0 Å². The summed E-state index contributed by atoms with van der Waals surface area (Å²) in [7, 11) is 1.65. The molecule has 3 fully saturated rings. The molecule has 2 saturated heterocycles. The van der Waals surface area contributed by atoms with Gasteiger partial charge in [0.2, 0.25) is 0 Å². The lowest BCUT2D eigenvalue weighted by Gasteiger charge is -2.42. The van der Waals surface area contributed by atoms with Crippen molar-refractivity contribution in [3.05, 3.63) is 60.3 Å². The first kappa shape index (κ1) is 25.1. The normalized spacial score (nSPS) is 35.6. The van der Waals surface area contributed by atoms with Crippen LogP contribution < -0.4 is 0 Å². The van der Waals surface area contributed by atoms with Gasteiger partial charge < -0.3 is 24.1 Å². The van der Waals surface area contributed by atoms with Gasteiger partial charge in [0.1, 0.15) is 23.4 Å². The van der Waals surface area contributed by atoms with E-state index in [-0.39, 0.29) is 35.4 Å². The molecular formula is C26H34O7. The molecule has 2 heterocycles.